The summed E-state index contributed by atoms with van der Waals surface area (Å²) in [4.78, 5) is 22.8. The molecule has 0 heterocycles. The Labute approximate surface area is 132 Å². The van der Waals surface area contributed by atoms with Crippen molar-refractivity contribution in [3.8, 4) is 5.75 Å². The van der Waals surface area contributed by atoms with Gasteiger partial charge in [0.15, 0.2) is 0 Å². The molecule has 6 heteroatoms. The van der Waals surface area contributed by atoms with Gasteiger partial charge in [0.2, 0.25) is 6.29 Å². The number of hydrogen-bond donors (Lipinski definition) is 1. The predicted molar refractivity (Wildman–Crippen MR) is 83.7 cm³/mol. The Morgan fingerprint density at radius 2 is 1.86 bits per heavy atom. The van der Waals surface area contributed by atoms with Crippen LogP contribution in [-0.2, 0) is 14.3 Å². The Hall–Kier alpha value is -2.24. The fourth-order valence-electron chi connectivity index (χ4n) is 1.55. The van der Waals surface area contributed by atoms with E-state index >= 15 is 0 Å². The van der Waals surface area contributed by atoms with E-state index in [-0.39, 0.29) is 13.9 Å². The molecule has 1 unspecified atom stereocenters. The highest BCUT2D eigenvalue weighted by Gasteiger charge is 2.16. The topological polar surface area (TPSA) is 73.9 Å². The molecular formula is C16H25NO5. The van der Waals surface area contributed by atoms with Gasteiger partial charge in [0.1, 0.15) is 12.4 Å². The quantitative estimate of drug-likeness (QED) is 0.476. The number of carbonyl (C=O) groups is 2. The standard InChI is InChI=1S/C16H23NO5.H2/c1-11(2)15(18)21-13(4)22-16(19)17-9-10-20-14-8-6-5-7-12(14)3;/h5-8,11,13H,9-10H2,1-4H3,(H,17,19);1H. The lowest BCUT2D eigenvalue weighted by Gasteiger charge is -2.16. The zero-order chi connectivity index (χ0) is 16.5. The van der Waals surface area contributed by atoms with Gasteiger partial charge in [0.25, 0.3) is 0 Å². The molecule has 0 radical (unpaired) electrons. The first kappa shape index (κ1) is 17.8. The van der Waals surface area contributed by atoms with Crippen LogP contribution in [0.4, 0.5) is 4.79 Å². The van der Waals surface area contributed by atoms with Crippen molar-refractivity contribution < 1.29 is 25.2 Å². The first-order chi connectivity index (χ1) is 10.4. The molecule has 0 aliphatic rings. The third-order valence-electron chi connectivity index (χ3n) is 2.75. The largest absolute Gasteiger partial charge is 0.491 e. The Bertz CT molecular complexity index is 507. The van der Waals surface area contributed by atoms with Gasteiger partial charge >= 0.3 is 12.1 Å². The van der Waals surface area contributed by atoms with Crippen LogP contribution in [0.15, 0.2) is 24.3 Å². The maximum Gasteiger partial charge on any atom is 0.410 e. The highest BCUT2D eigenvalue weighted by Crippen LogP contribution is 2.15. The number of nitrogens with one attached hydrogen (secondary N) is 1. The van der Waals surface area contributed by atoms with Gasteiger partial charge < -0.3 is 19.5 Å². The molecule has 0 aliphatic heterocycles. The van der Waals surface area contributed by atoms with E-state index < -0.39 is 18.4 Å². The molecule has 1 aromatic carbocycles. The average Bonchev–Trinajstić information content (AvgIpc) is 2.45. The van der Waals surface area contributed by atoms with Gasteiger partial charge in [-0.2, -0.15) is 0 Å². The van der Waals surface area contributed by atoms with Crippen LogP contribution in [0.25, 0.3) is 0 Å². The van der Waals surface area contributed by atoms with Crippen molar-refractivity contribution in [3.63, 3.8) is 0 Å². The molecule has 1 aromatic rings. The third kappa shape index (κ3) is 6.47. The van der Waals surface area contributed by atoms with Crippen molar-refractivity contribution in [2.24, 2.45) is 5.92 Å². The zero-order valence-corrected chi connectivity index (χ0v) is 13.4. The van der Waals surface area contributed by atoms with Crippen molar-refractivity contribution in [2.45, 2.75) is 34.0 Å². The second-order valence-electron chi connectivity index (χ2n) is 5.11. The monoisotopic (exact) mass is 311 g/mol. The van der Waals surface area contributed by atoms with Gasteiger partial charge in [-0.3, -0.25) is 4.79 Å². The summed E-state index contributed by atoms with van der Waals surface area (Å²) in [5.74, 6) is 0.0942. The maximum absolute atomic E-state index is 11.5. The number of hydrogen-bond acceptors (Lipinski definition) is 5. The molecule has 0 saturated carbocycles. The Morgan fingerprint density at radius 1 is 1.18 bits per heavy atom. The summed E-state index contributed by atoms with van der Waals surface area (Å²) in [6.07, 6.45) is -1.58. The summed E-state index contributed by atoms with van der Waals surface area (Å²) in [7, 11) is 0. The minimum atomic E-state index is -0.924. The first-order valence-electron chi connectivity index (χ1n) is 7.23. The highest BCUT2D eigenvalue weighted by atomic mass is 16.7. The highest BCUT2D eigenvalue weighted by molar-refractivity contribution is 5.72. The zero-order valence-electron chi connectivity index (χ0n) is 13.4. The lowest BCUT2D eigenvalue weighted by molar-refractivity contribution is -0.168. The van der Waals surface area contributed by atoms with Crippen LogP contribution in [0.2, 0.25) is 0 Å². The van der Waals surface area contributed by atoms with Crippen molar-refractivity contribution in [1.82, 2.24) is 5.32 Å². The van der Waals surface area contributed by atoms with E-state index in [4.69, 9.17) is 14.2 Å². The SMILES string of the molecule is Cc1ccccc1OCCNC(=O)OC(C)OC(=O)C(C)C.[HH]. The van der Waals surface area contributed by atoms with Gasteiger partial charge in [-0.1, -0.05) is 32.0 Å². The van der Waals surface area contributed by atoms with Crippen LogP contribution < -0.4 is 10.1 Å². The number of aryl methyl sites for hydroxylation is 1. The van der Waals surface area contributed by atoms with Crippen LogP contribution in [0.3, 0.4) is 0 Å². The maximum atomic E-state index is 11.5. The van der Waals surface area contributed by atoms with Crippen molar-refractivity contribution >= 4 is 12.1 Å². The summed E-state index contributed by atoms with van der Waals surface area (Å²) in [6, 6.07) is 7.62. The molecular weight excluding hydrogens is 286 g/mol. The number of amides is 1. The van der Waals surface area contributed by atoms with E-state index in [0.717, 1.165) is 11.3 Å². The summed E-state index contributed by atoms with van der Waals surface area (Å²) in [5, 5.41) is 2.53. The van der Waals surface area contributed by atoms with Crippen LogP contribution in [0.1, 0.15) is 27.8 Å². The van der Waals surface area contributed by atoms with Gasteiger partial charge in [-0.15, -0.1) is 0 Å². The molecule has 0 fully saturated rings. The molecule has 0 aromatic heterocycles. The van der Waals surface area contributed by atoms with E-state index in [1.165, 1.54) is 6.92 Å². The van der Waals surface area contributed by atoms with E-state index in [9.17, 15) is 9.59 Å². The summed E-state index contributed by atoms with van der Waals surface area (Å²) < 4.78 is 15.4. The van der Waals surface area contributed by atoms with Crippen molar-refractivity contribution in [3.05, 3.63) is 29.8 Å². The summed E-state index contributed by atoms with van der Waals surface area (Å²) >= 11 is 0. The van der Waals surface area contributed by atoms with Gasteiger partial charge in [0, 0.05) is 8.35 Å². The molecule has 1 rings (SSSR count). The number of para-hydroxylation sites is 1. The number of rotatable bonds is 7. The van der Waals surface area contributed by atoms with E-state index in [0.29, 0.717) is 6.61 Å². The molecule has 1 atom stereocenters. The van der Waals surface area contributed by atoms with Crippen molar-refractivity contribution in [2.75, 3.05) is 13.2 Å². The Balaban J connectivity index is 0.00000484. The number of ether oxygens (including phenoxy) is 3. The van der Waals surface area contributed by atoms with Crippen LogP contribution in [-0.4, -0.2) is 31.5 Å². The normalized spacial score (nSPS) is 11.7. The molecule has 0 bridgehead atoms. The molecule has 124 valence electrons. The van der Waals surface area contributed by atoms with Gasteiger partial charge in [0.05, 0.1) is 12.5 Å². The van der Waals surface area contributed by atoms with E-state index in [2.05, 4.69) is 5.32 Å². The van der Waals surface area contributed by atoms with Crippen LogP contribution >= 0.6 is 0 Å². The first-order valence-corrected chi connectivity index (χ1v) is 7.23. The van der Waals surface area contributed by atoms with Gasteiger partial charge in [-0.05, 0) is 18.6 Å². The predicted octanol–water partition coefficient (Wildman–Crippen LogP) is 2.89. The smallest absolute Gasteiger partial charge is 0.410 e. The second kappa shape index (κ2) is 8.92. The van der Waals surface area contributed by atoms with E-state index in [1.807, 2.05) is 31.2 Å². The Morgan fingerprint density at radius 3 is 2.50 bits per heavy atom. The number of benzene rings is 1. The molecule has 0 spiro atoms. The van der Waals surface area contributed by atoms with Crippen LogP contribution in [0.5, 0.6) is 5.75 Å². The van der Waals surface area contributed by atoms with Crippen LogP contribution in [0, 0.1) is 12.8 Å². The van der Waals surface area contributed by atoms with Crippen molar-refractivity contribution in [1.29, 1.82) is 0 Å². The molecule has 22 heavy (non-hydrogen) atoms. The molecule has 0 saturated heterocycles. The average molecular weight is 311 g/mol. The third-order valence-corrected chi connectivity index (χ3v) is 2.75. The molecule has 1 N–H and O–H groups in total. The summed E-state index contributed by atoms with van der Waals surface area (Å²) in [5.41, 5.74) is 1.03. The summed E-state index contributed by atoms with van der Waals surface area (Å²) in [6.45, 7) is 7.46. The Kier molecular flexibility index (Phi) is 7.22. The fraction of sp³-hybridized carbons (Fsp3) is 0.500. The molecule has 1 amide bonds. The second-order valence-corrected chi connectivity index (χ2v) is 5.11. The lowest BCUT2D eigenvalue weighted by atomic mass is 10.2. The van der Waals surface area contributed by atoms with E-state index in [1.54, 1.807) is 13.8 Å². The fourth-order valence-corrected chi connectivity index (χ4v) is 1.55. The minimum absolute atomic E-state index is 0. The lowest BCUT2D eigenvalue weighted by Crippen LogP contribution is -2.33. The number of alkyl carbamates (subject to hydrolysis) is 1. The number of carbonyl (C=O) groups excluding carboxylic acids is 2. The molecule has 6 nitrogen and oxygen atoms in total. The van der Waals surface area contributed by atoms with Gasteiger partial charge in [-0.25, -0.2) is 4.79 Å². The molecule has 0 aliphatic carbocycles. The number of esters is 1. The minimum Gasteiger partial charge on any atom is -0.491 e.